The molecule has 0 radical (unpaired) electrons. The summed E-state index contributed by atoms with van der Waals surface area (Å²) in [4.78, 5) is 11.1. The number of hydrogen-bond donors (Lipinski definition) is 0. The van der Waals surface area contributed by atoms with Crippen molar-refractivity contribution < 1.29 is 9.53 Å². The lowest BCUT2D eigenvalue weighted by atomic mass is 10.1. The van der Waals surface area contributed by atoms with Crippen molar-refractivity contribution in [3.8, 4) is 6.07 Å². The smallest absolute Gasteiger partial charge is 0.337 e. The van der Waals surface area contributed by atoms with Gasteiger partial charge in [0.2, 0.25) is 0 Å². The minimum Gasteiger partial charge on any atom is -0.465 e. The van der Waals surface area contributed by atoms with Crippen molar-refractivity contribution >= 4 is 21.9 Å². The van der Waals surface area contributed by atoms with Crippen molar-refractivity contribution in [1.29, 1.82) is 5.26 Å². The fourth-order valence-electron chi connectivity index (χ4n) is 1.04. The summed E-state index contributed by atoms with van der Waals surface area (Å²) < 4.78 is 4.55. The van der Waals surface area contributed by atoms with Gasteiger partial charge in [-0.3, -0.25) is 0 Å². The largest absolute Gasteiger partial charge is 0.465 e. The van der Waals surface area contributed by atoms with Crippen LogP contribution < -0.4 is 0 Å². The quantitative estimate of drug-likeness (QED) is 0.600. The van der Waals surface area contributed by atoms with Crippen LogP contribution in [0.15, 0.2) is 18.2 Å². The van der Waals surface area contributed by atoms with E-state index in [0.29, 0.717) is 16.5 Å². The molecule has 0 bridgehead atoms. The average Bonchev–Trinajstić information content (AvgIpc) is 2.26. The van der Waals surface area contributed by atoms with Gasteiger partial charge >= 0.3 is 5.97 Å². The number of alkyl halides is 1. The van der Waals surface area contributed by atoms with Gasteiger partial charge in [-0.1, -0.05) is 22.0 Å². The van der Waals surface area contributed by atoms with Crippen LogP contribution in [0, 0.1) is 11.3 Å². The van der Waals surface area contributed by atoms with Crippen LogP contribution in [0.25, 0.3) is 0 Å². The van der Waals surface area contributed by atoms with E-state index in [4.69, 9.17) is 5.26 Å². The fourth-order valence-corrected chi connectivity index (χ4v) is 1.53. The zero-order chi connectivity index (χ0) is 10.6. The summed E-state index contributed by atoms with van der Waals surface area (Å²) in [5.41, 5.74) is 1.75. The van der Waals surface area contributed by atoms with Crippen molar-refractivity contribution in [2.45, 2.75) is 5.33 Å². The Morgan fingerprint density at radius 3 is 2.86 bits per heavy atom. The molecule has 3 nitrogen and oxygen atoms in total. The van der Waals surface area contributed by atoms with Crippen LogP contribution in [0.4, 0.5) is 0 Å². The predicted molar refractivity (Wildman–Crippen MR) is 55.1 cm³/mol. The molecule has 72 valence electrons. The average molecular weight is 254 g/mol. The van der Waals surface area contributed by atoms with Crippen molar-refractivity contribution in [3.63, 3.8) is 0 Å². The second-order valence-electron chi connectivity index (χ2n) is 2.61. The van der Waals surface area contributed by atoms with E-state index in [0.717, 1.165) is 5.56 Å². The van der Waals surface area contributed by atoms with Crippen molar-refractivity contribution in [2.24, 2.45) is 0 Å². The van der Waals surface area contributed by atoms with E-state index in [2.05, 4.69) is 20.7 Å². The standard InChI is InChI=1S/C10H8BrNO2/c1-14-10(13)7-2-3-8(5-11)9(4-7)6-12/h2-4H,5H2,1H3. The van der Waals surface area contributed by atoms with E-state index in [1.807, 2.05) is 6.07 Å². The van der Waals surface area contributed by atoms with Gasteiger partial charge in [-0.25, -0.2) is 4.79 Å². The molecule has 0 aromatic heterocycles. The van der Waals surface area contributed by atoms with E-state index in [9.17, 15) is 4.79 Å². The first kappa shape index (κ1) is 10.7. The van der Waals surface area contributed by atoms with Crippen LogP contribution in [0.1, 0.15) is 21.5 Å². The van der Waals surface area contributed by atoms with Crippen LogP contribution in [0.5, 0.6) is 0 Å². The molecule has 0 aliphatic rings. The molecule has 0 aliphatic heterocycles. The molecule has 0 atom stereocenters. The minimum atomic E-state index is -0.428. The molecule has 0 saturated heterocycles. The van der Waals surface area contributed by atoms with E-state index in [1.54, 1.807) is 12.1 Å². The number of benzene rings is 1. The maximum Gasteiger partial charge on any atom is 0.337 e. The van der Waals surface area contributed by atoms with Crippen molar-refractivity contribution in [3.05, 3.63) is 34.9 Å². The summed E-state index contributed by atoms with van der Waals surface area (Å²) in [7, 11) is 1.31. The van der Waals surface area contributed by atoms with E-state index >= 15 is 0 Å². The minimum absolute atomic E-state index is 0.397. The molecule has 1 rings (SSSR count). The molecule has 0 unspecified atom stereocenters. The number of nitriles is 1. The molecule has 1 aromatic rings. The highest BCUT2D eigenvalue weighted by Crippen LogP contribution is 2.14. The first-order valence-electron chi connectivity index (χ1n) is 3.90. The third kappa shape index (κ3) is 2.12. The third-order valence-corrected chi connectivity index (χ3v) is 2.40. The number of rotatable bonds is 2. The van der Waals surface area contributed by atoms with Gasteiger partial charge in [0.05, 0.1) is 24.3 Å². The van der Waals surface area contributed by atoms with Gasteiger partial charge in [0, 0.05) is 5.33 Å². The van der Waals surface area contributed by atoms with Gasteiger partial charge in [0.1, 0.15) is 0 Å². The Morgan fingerprint density at radius 1 is 1.64 bits per heavy atom. The summed E-state index contributed by atoms with van der Waals surface area (Å²) in [6.45, 7) is 0. The van der Waals surface area contributed by atoms with Crippen molar-refractivity contribution in [2.75, 3.05) is 7.11 Å². The lowest BCUT2D eigenvalue weighted by Gasteiger charge is -2.02. The molecule has 0 fully saturated rings. The van der Waals surface area contributed by atoms with Crippen LogP contribution in [0.2, 0.25) is 0 Å². The topological polar surface area (TPSA) is 50.1 Å². The number of esters is 1. The van der Waals surface area contributed by atoms with E-state index in [-0.39, 0.29) is 0 Å². The molecule has 0 heterocycles. The van der Waals surface area contributed by atoms with Gasteiger partial charge in [0.25, 0.3) is 0 Å². The number of carbonyl (C=O) groups is 1. The Bertz CT molecular complexity index is 396. The normalized spacial score (nSPS) is 9.21. The third-order valence-electron chi connectivity index (χ3n) is 1.80. The van der Waals surface area contributed by atoms with Gasteiger partial charge in [-0.15, -0.1) is 0 Å². The summed E-state index contributed by atoms with van der Waals surface area (Å²) in [6.07, 6.45) is 0. The van der Waals surface area contributed by atoms with E-state index in [1.165, 1.54) is 13.2 Å². The van der Waals surface area contributed by atoms with E-state index < -0.39 is 5.97 Å². The fraction of sp³-hybridized carbons (Fsp3) is 0.200. The zero-order valence-electron chi connectivity index (χ0n) is 7.58. The SMILES string of the molecule is COC(=O)c1ccc(CBr)c(C#N)c1. The molecule has 0 spiro atoms. The molecule has 14 heavy (non-hydrogen) atoms. The molecule has 0 saturated carbocycles. The molecule has 4 heteroatoms. The molecule has 1 aromatic carbocycles. The van der Waals surface area contributed by atoms with Gasteiger partial charge in [-0.05, 0) is 17.7 Å². The summed E-state index contributed by atoms with van der Waals surface area (Å²) in [5, 5.41) is 9.40. The zero-order valence-corrected chi connectivity index (χ0v) is 9.17. The Hall–Kier alpha value is -1.34. The number of hydrogen-bond acceptors (Lipinski definition) is 3. The lowest BCUT2D eigenvalue weighted by molar-refractivity contribution is 0.0600. The second-order valence-corrected chi connectivity index (χ2v) is 3.17. The monoisotopic (exact) mass is 253 g/mol. The number of nitrogens with zero attached hydrogens (tertiary/aromatic N) is 1. The van der Waals surface area contributed by atoms with Crippen LogP contribution >= 0.6 is 15.9 Å². The van der Waals surface area contributed by atoms with Crippen LogP contribution in [-0.2, 0) is 10.1 Å². The molecule has 0 aliphatic carbocycles. The molecule has 0 amide bonds. The summed E-state index contributed by atoms with van der Waals surface area (Å²) in [6, 6.07) is 6.94. The van der Waals surface area contributed by atoms with Crippen LogP contribution in [-0.4, -0.2) is 13.1 Å². The molecular weight excluding hydrogens is 246 g/mol. The Labute approximate surface area is 90.4 Å². The molecule has 0 N–H and O–H groups in total. The van der Waals surface area contributed by atoms with Gasteiger partial charge in [0.15, 0.2) is 0 Å². The number of ether oxygens (including phenoxy) is 1. The maximum atomic E-state index is 11.1. The summed E-state index contributed by atoms with van der Waals surface area (Å²) >= 11 is 3.26. The highest BCUT2D eigenvalue weighted by molar-refractivity contribution is 9.08. The Morgan fingerprint density at radius 2 is 2.36 bits per heavy atom. The summed E-state index contributed by atoms with van der Waals surface area (Å²) in [5.74, 6) is -0.428. The highest BCUT2D eigenvalue weighted by Gasteiger charge is 2.08. The van der Waals surface area contributed by atoms with Crippen molar-refractivity contribution in [1.82, 2.24) is 0 Å². The van der Waals surface area contributed by atoms with Gasteiger partial charge < -0.3 is 4.74 Å². The first-order valence-corrected chi connectivity index (χ1v) is 5.02. The maximum absolute atomic E-state index is 11.1. The number of carbonyl (C=O) groups excluding carboxylic acids is 1. The number of halogens is 1. The predicted octanol–water partition coefficient (Wildman–Crippen LogP) is 2.24. The Balaban J connectivity index is 3.15. The van der Waals surface area contributed by atoms with Crippen LogP contribution in [0.3, 0.4) is 0 Å². The highest BCUT2D eigenvalue weighted by atomic mass is 79.9. The first-order chi connectivity index (χ1) is 6.72. The van der Waals surface area contributed by atoms with Gasteiger partial charge in [-0.2, -0.15) is 5.26 Å². The second kappa shape index (κ2) is 4.77. The molecular formula is C10H8BrNO2. The lowest BCUT2D eigenvalue weighted by Crippen LogP contribution is -2.02. The number of methoxy groups -OCH3 is 1. The Kier molecular flexibility index (Phi) is 3.66.